The Morgan fingerprint density at radius 1 is 0.767 bits per heavy atom. The summed E-state index contributed by atoms with van der Waals surface area (Å²) in [6, 6.07) is 22.7. The summed E-state index contributed by atoms with van der Waals surface area (Å²) in [7, 11) is 0. The Morgan fingerprint density at radius 2 is 1.43 bits per heavy atom. The Labute approximate surface area is 174 Å². The number of rotatable bonds is 8. The topological polar surface area (TPSA) is 78.9 Å². The number of carbonyl (C=O) groups is 3. The summed E-state index contributed by atoms with van der Waals surface area (Å²) in [4.78, 5) is 35.9. The van der Waals surface area contributed by atoms with E-state index >= 15 is 0 Å². The monoisotopic (exact) mass is 406 g/mol. The third-order valence-corrected chi connectivity index (χ3v) is 4.36. The highest BCUT2D eigenvalue weighted by atomic mass is 16.6. The van der Waals surface area contributed by atoms with Gasteiger partial charge >= 0.3 is 17.9 Å². The molecule has 0 aliphatic carbocycles. The van der Waals surface area contributed by atoms with Crippen LogP contribution in [-0.4, -0.2) is 24.0 Å². The Bertz CT molecular complexity index is 1030. The van der Waals surface area contributed by atoms with Gasteiger partial charge in [0.25, 0.3) is 0 Å². The fourth-order valence-electron chi connectivity index (χ4n) is 2.90. The van der Waals surface area contributed by atoms with Crippen molar-refractivity contribution < 1.29 is 28.6 Å². The molecule has 0 saturated carbocycles. The zero-order chi connectivity index (χ0) is 21.3. The van der Waals surface area contributed by atoms with Crippen LogP contribution in [0.2, 0.25) is 0 Å². The van der Waals surface area contributed by atoms with Crippen molar-refractivity contribution in [3.05, 3.63) is 83.9 Å². The largest absolute Gasteiger partial charge is 0.461 e. The predicted molar refractivity (Wildman–Crippen MR) is 110 cm³/mol. The van der Waals surface area contributed by atoms with Crippen molar-refractivity contribution in [2.24, 2.45) is 0 Å². The van der Waals surface area contributed by atoms with E-state index in [1.54, 1.807) is 0 Å². The van der Waals surface area contributed by atoms with Crippen LogP contribution in [0, 0.1) is 0 Å². The molecule has 3 rings (SSSR count). The van der Waals surface area contributed by atoms with Crippen molar-refractivity contribution in [3.8, 4) is 0 Å². The zero-order valence-electron chi connectivity index (χ0n) is 16.6. The molecule has 6 nitrogen and oxygen atoms in total. The molecule has 0 aromatic heterocycles. The first-order valence-corrected chi connectivity index (χ1v) is 9.52. The average Bonchev–Trinajstić information content (AvgIpc) is 2.76. The molecule has 0 unspecified atom stereocenters. The highest BCUT2D eigenvalue weighted by Crippen LogP contribution is 2.17. The fourth-order valence-corrected chi connectivity index (χ4v) is 2.90. The summed E-state index contributed by atoms with van der Waals surface area (Å²) in [5.74, 6) is -2.14. The van der Waals surface area contributed by atoms with Gasteiger partial charge in [-0.25, -0.2) is 4.79 Å². The van der Waals surface area contributed by atoms with E-state index in [9.17, 15) is 14.4 Å². The highest BCUT2D eigenvalue weighted by molar-refractivity contribution is 5.85. The van der Waals surface area contributed by atoms with Crippen LogP contribution in [0.4, 0.5) is 0 Å². The molecule has 30 heavy (non-hydrogen) atoms. The standard InChI is InChI=1S/C24H22O6/c1-17(25)30-22(14-23(26)28-15-18-7-3-2-4-8-18)24(27)29-16-19-11-12-20-9-5-6-10-21(20)13-19/h2-13,22H,14-16H2,1H3/t22-/m0/s1. The molecule has 3 aromatic carbocycles. The second kappa shape index (κ2) is 10.2. The van der Waals surface area contributed by atoms with Crippen LogP contribution >= 0.6 is 0 Å². The van der Waals surface area contributed by atoms with E-state index in [1.165, 1.54) is 6.92 Å². The second-order valence-corrected chi connectivity index (χ2v) is 6.74. The highest BCUT2D eigenvalue weighted by Gasteiger charge is 2.27. The maximum atomic E-state index is 12.4. The molecule has 0 amide bonds. The van der Waals surface area contributed by atoms with Crippen LogP contribution in [0.15, 0.2) is 72.8 Å². The molecule has 0 bridgehead atoms. The molecule has 0 saturated heterocycles. The molecule has 6 heteroatoms. The number of esters is 3. The number of ether oxygens (including phenoxy) is 3. The maximum absolute atomic E-state index is 12.4. The molecule has 0 spiro atoms. The van der Waals surface area contributed by atoms with Crippen molar-refractivity contribution >= 4 is 28.7 Å². The lowest BCUT2D eigenvalue weighted by Crippen LogP contribution is -2.31. The van der Waals surface area contributed by atoms with Gasteiger partial charge < -0.3 is 14.2 Å². The number of fused-ring (bicyclic) bond motifs is 1. The average molecular weight is 406 g/mol. The van der Waals surface area contributed by atoms with E-state index < -0.39 is 30.4 Å². The van der Waals surface area contributed by atoms with Gasteiger partial charge in [0.15, 0.2) is 0 Å². The quantitative estimate of drug-likeness (QED) is 0.416. The minimum atomic E-state index is -1.36. The van der Waals surface area contributed by atoms with Gasteiger partial charge in [-0.3, -0.25) is 9.59 Å². The molecule has 154 valence electrons. The molecule has 0 heterocycles. The van der Waals surface area contributed by atoms with E-state index in [-0.39, 0.29) is 13.2 Å². The molecule has 0 aliphatic rings. The van der Waals surface area contributed by atoms with Crippen molar-refractivity contribution in [3.63, 3.8) is 0 Å². The van der Waals surface area contributed by atoms with E-state index in [2.05, 4.69) is 0 Å². The third-order valence-electron chi connectivity index (χ3n) is 4.36. The molecular weight excluding hydrogens is 384 g/mol. The number of hydrogen-bond acceptors (Lipinski definition) is 6. The Morgan fingerprint density at radius 3 is 2.17 bits per heavy atom. The predicted octanol–water partition coefficient (Wildman–Crippen LogP) is 3.95. The summed E-state index contributed by atoms with van der Waals surface area (Å²) in [5.41, 5.74) is 1.60. The number of hydrogen-bond donors (Lipinski definition) is 0. The molecule has 1 atom stereocenters. The molecule has 0 N–H and O–H groups in total. The van der Waals surface area contributed by atoms with Crippen molar-refractivity contribution in [2.45, 2.75) is 32.7 Å². The van der Waals surface area contributed by atoms with Crippen LogP contribution in [0.3, 0.4) is 0 Å². The zero-order valence-corrected chi connectivity index (χ0v) is 16.6. The molecule has 3 aromatic rings. The lowest BCUT2D eigenvalue weighted by atomic mass is 10.1. The minimum Gasteiger partial charge on any atom is -0.461 e. The van der Waals surface area contributed by atoms with Gasteiger partial charge in [-0.1, -0.05) is 66.7 Å². The van der Waals surface area contributed by atoms with Gasteiger partial charge in [0, 0.05) is 6.92 Å². The molecule has 0 fully saturated rings. The van der Waals surface area contributed by atoms with Gasteiger partial charge in [0.2, 0.25) is 6.10 Å². The van der Waals surface area contributed by atoms with Gasteiger partial charge in [-0.2, -0.15) is 0 Å². The van der Waals surface area contributed by atoms with E-state index in [0.29, 0.717) is 0 Å². The van der Waals surface area contributed by atoms with Crippen LogP contribution in [0.25, 0.3) is 10.8 Å². The van der Waals surface area contributed by atoms with Crippen LogP contribution < -0.4 is 0 Å². The summed E-state index contributed by atoms with van der Waals surface area (Å²) in [6.45, 7) is 1.23. The van der Waals surface area contributed by atoms with Gasteiger partial charge in [-0.15, -0.1) is 0 Å². The first-order valence-electron chi connectivity index (χ1n) is 9.52. The lowest BCUT2D eigenvalue weighted by molar-refractivity contribution is -0.171. The SMILES string of the molecule is CC(=O)O[C@@H](CC(=O)OCc1ccccc1)C(=O)OCc1ccc2ccccc2c1. The fraction of sp³-hybridized carbons (Fsp3) is 0.208. The Hall–Kier alpha value is -3.67. The van der Waals surface area contributed by atoms with Gasteiger partial charge in [0.1, 0.15) is 13.2 Å². The van der Waals surface area contributed by atoms with Crippen LogP contribution in [0.1, 0.15) is 24.5 Å². The van der Waals surface area contributed by atoms with Crippen molar-refractivity contribution in [1.82, 2.24) is 0 Å². The summed E-state index contributed by atoms with van der Waals surface area (Å²) < 4.78 is 15.4. The lowest BCUT2D eigenvalue weighted by Gasteiger charge is -2.16. The van der Waals surface area contributed by atoms with Gasteiger partial charge in [-0.05, 0) is 28.0 Å². The Balaban J connectivity index is 1.57. The summed E-state index contributed by atoms with van der Waals surface area (Å²) in [6.07, 6.45) is -1.77. The molecule has 0 radical (unpaired) electrons. The first kappa shape index (κ1) is 21.0. The summed E-state index contributed by atoms with van der Waals surface area (Å²) in [5, 5.41) is 2.10. The molecular formula is C24H22O6. The van der Waals surface area contributed by atoms with Crippen molar-refractivity contribution in [1.29, 1.82) is 0 Å². The smallest absolute Gasteiger partial charge is 0.348 e. The van der Waals surface area contributed by atoms with E-state index in [1.807, 2.05) is 72.8 Å². The number of benzene rings is 3. The second-order valence-electron chi connectivity index (χ2n) is 6.74. The normalized spacial score (nSPS) is 11.5. The minimum absolute atomic E-state index is 0.000491. The van der Waals surface area contributed by atoms with E-state index in [4.69, 9.17) is 14.2 Å². The summed E-state index contributed by atoms with van der Waals surface area (Å²) >= 11 is 0. The third kappa shape index (κ3) is 6.17. The van der Waals surface area contributed by atoms with Crippen molar-refractivity contribution in [2.75, 3.05) is 0 Å². The molecule has 0 aliphatic heterocycles. The van der Waals surface area contributed by atoms with Crippen LogP contribution in [0.5, 0.6) is 0 Å². The van der Waals surface area contributed by atoms with Crippen LogP contribution in [-0.2, 0) is 41.8 Å². The van der Waals surface area contributed by atoms with Gasteiger partial charge in [0.05, 0.1) is 6.42 Å². The van der Waals surface area contributed by atoms with E-state index in [0.717, 1.165) is 21.9 Å². The first-order chi connectivity index (χ1) is 14.5. The number of carbonyl (C=O) groups excluding carboxylic acids is 3. The maximum Gasteiger partial charge on any atom is 0.348 e. The Kier molecular flexibility index (Phi) is 7.16.